The molecule has 0 aliphatic rings. The van der Waals surface area contributed by atoms with Gasteiger partial charge in [0.05, 0.1) is 51.4 Å². The van der Waals surface area contributed by atoms with Crippen LogP contribution in [0.15, 0.2) is 24.7 Å². The van der Waals surface area contributed by atoms with Crippen LogP contribution in [0, 0.1) is 0 Å². The quantitative estimate of drug-likeness (QED) is 0.0308. The molecule has 0 fully saturated rings. The number of carbonyl (C=O) groups excluding carboxylic acids is 4. The van der Waals surface area contributed by atoms with Crippen molar-refractivity contribution in [1.82, 2.24) is 21.3 Å². The van der Waals surface area contributed by atoms with Gasteiger partial charge in [0.2, 0.25) is 23.6 Å². The van der Waals surface area contributed by atoms with Crippen molar-refractivity contribution in [2.45, 2.75) is 147 Å². The van der Waals surface area contributed by atoms with Crippen molar-refractivity contribution in [3.05, 3.63) is 24.7 Å². The smallest absolute Gasteiger partial charge is 0.320 e. The van der Waals surface area contributed by atoms with Crippen LogP contribution in [0.2, 0.25) is 0 Å². The Labute approximate surface area is 358 Å². The molecule has 0 rings (SSSR count). The molecule has 0 saturated heterocycles. The molecule has 0 aromatic heterocycles. The summed E-state index contributed by atoms with van der Waals surface area (Å²) in [5.41, 5.74) is 5.43. The minimum atomic E-state index is -1.04. The predicted molar refractivity (Wildman–Crippen MR) is 230 cm³/mol. The van der Waals surface area contributed by atoms with Gasteiger partial charge < -0.3 is 61.3 Å². The molecule has 0 aliphatic carbocycles. The Hall–Kier alpha value is -3.77. The number of carbonyl (C=O) groups is 5. The highest BCUT2D eigenvalue weighted by atomic mass is 16.5. The van der Waals surface area contributed by atoms with E-state index >= 15 is 0 Å². The topological polar surface area (TPSA) is 257 Å². The van der Waals surface area contributed by atoms with Crippen LogP contribution >= 0.6 is 0 Å². The molecule has 0 aromatic carbocycles. The molecule has 0 unspecified atom stereocenters. The first-order valence-corrected chi connectivity index (χ1v) is 22.1. The zero-order valence-electron chi connectivity index (χ0n) is 36.3. The summed E-state index contributed by atoms with van der Waals surface area (Å²) >= 11 is 0. The Balaban J connectivity index is 3.65. The van der Waals surface area contributed by atoms with Crippen molar-refractivity contribution in [2.24, 2.45) is 5.73 Å². The Bertz CT molecular complexity index is 1180. The second kappa shape index (κ2) is 40.6. The molecule has 0 spiro atoms. The summed E-state index contributed by atoms with van der Waals surface area (Å²) in [6.07, 6.45) is 19.3. The normalized spacial score (nSPS) is 12.0. The van der Waals surface area contributed by atoms with E-state index in [-0.39, 0.29) is 108 Å². The molecule has 17 nitrogen and oxygen atoms in total. The van der Waals surface area contributed by atoms with Crippen LogP contribution < -0.4 is 27.0 Å². The van der Waals surface area contributed by atoms with Crippen molar-refractivity contribution in [3.63, 3.8) is 0 Å². The number of allylic oxidation sites excluding steroid dienone is 1. The number of carboxylic acid groups (broad SMARTS) is 1. The molecule has 348 valence electrons. The second-order valence-corrected chi connectivity index (χ2v) is 15.0. The molecule has 0 bridgehead atoms. The molecule has 2 atom stereocenters. The lowest BCUT2D eigenvalue weighted by atomic mass is 10.0. The third-order valence-electron chi connectivity index (χ3n) is 9.45. The Morgan fingerprint density at radius 1 is 0.467 bits per heavy atom. The van der Waals surface area contributed by atoms with Crippen molar-refractivity contribution in [1.29, 1.82) is 0 Å². The van der Waals surface area contributed by atoms with Crippen LogP contribution in [-0.2, 0) is 42.9 Å². The van der Waals surface area contributed by atoms with Gasteiger partial charge in [-0.3, -0.25) is 24.0 Å². The molecule has 0 heterocycles. The third kappa shape index (κ3) is 39.7. The number of amides is 4. The SMILES string of the molecule is C=C(O)CCCCCCCCCCCCCCCCC(=O)N[C@@H](CCC(=O)NCCOCCOCC(=O)NCCOCCOCC(=O)NCCCC[C@H](N)C(=O)O)C(=C)O. The van der Waals surface area contributed by atoms with Gasteiger partial charge in [-0.2, -0.15) is 0 Å². The van der Waals surface area contributed by atoms with Crippen molar-refractivity contribution in [2.75, 3.05) is 72.5 Å². The van der Waals surface area contributed by atoms with Gasteiger partial charge in [-0.25, -0.2) is 0 Å². The zero-order chi connectivity index (χ0) is 44.5. The molecule has 0 radical (unpaired) electrons. The highest BCUT2D eigenvalue weighted by Gasteiger charge is 2.17. The monoisotopic (exact) mass is 858 g/mol. The van der Waals surface area contributed by atoms with Gasteiger partial charge >= 0.3 is 5.97 Å². The lowest BCUT2D eigenvalue weighted by Crippen LogP contribution is -2.37. The van der Waals surface area contributed by atoms with Crippen LogP contribution in [0.5, 0.6) is 0 Å². The van der Waals surface area contributed by atoms with Gasteiger partial charge in [-0.1, -0.05) is 90.2 Å². The van der Waals surface area contributed by atoms with E-state index in [9.17, 15) is 29.1 Å². The van der Waals surface area contributed by atoms with Crippen molar-refractivity contribution < 1.29 is 58.2 Å². The first kappa shape index (κ1) is 56.2. The number of nitrogens with one attached hydrogen (secondary N) is 4. The minimum absolute atomic E-state index is 0.0974. The summed E-state index contributed by atoms with van der Waals surface area (Å²) in [4.78, 5) is 59.0. The van der Waals surface area contributed by atoms with E-state index in [1.54, 1.807) is 0 Å². The first-order chi connectivity index (χ1) is 28.9. The number of carboxylic acids is 1. The Kier molecular flexibility index (Phi) is 38.1. The highest BCUT2D eigenvalue weighted by molar-refractivity contribution is 5.78. The van der Waals surface area contributed by atoms with E-state index in [1.165, 1.54) is 57.8 Å². The van der Waals surface area contributed by atoms with E-state index in [2.05, 4.69) is 34.4 Å². The molecule has 17 heteroatoms. The van der Waals surface area contributed by atoms with E-state index in [4.69, 9.17) is 34.9 Å². The zero-order valence-corrected chi connectivity index (χ0v) is 36.3. The van der Waals surface area contributed by atoms with E-state index < -0.39 is 18.1 Å². The maximum atomic E-state index is 12.4. The third-order valence-corrected chi connectivity index (χ3v) is 9.45. The summed E-state index contributed by atoms with van der Waals surface area (Å²) in [5, 5.41) is 38.6. The second-order valence-electron chi connectivity index (χ2n) is 15.0. The van der Waals surface area contributed by atoms with Crippen LogP contribution in [0.4, 0.5) is 0 Å². The van der Waals surface area contributed by atoms with E-state index in [0.29, 0.717) is 38.0 Å². The first-order valence-electron chi connectivity index (χ1n) is 22.1. The van der Waals surface area contributed by atoms with Gasteiger partial charge in [0.25, 0.3) is 0 Å². The molecule has 0 aromatic rings. The fourth-order valence-corrected chi connectivity index (χ4v) is 5.93. The molecule has 0 aliphatic heterocycles. The number of aliphatic hydroxyl groups excluding tert-OH is 2. The molecule has 60 heavy (non-hydrogen) atoms. The summed E-state index contributed by atoms with van der Waals surface area (Å²) in [5.74, 6) is -1.92. The van der Waals surface area contributed by atoms with Gasteiger partial charge in [0.15, 0.2) is 0 Å². The maximum absolute atomic E-state index is 12.4. The summed E-state index contributed by atoms with van der Waals surface area (Å²) in [7, 11) is 0. The van der Waals surface area contributed by atoms with Crippen LogP contribution in [0.25, 0.3) is 0 Å². The van der Waals surface area contributed by atoms with E-state index in [0.717, 1.165) is 38.5 Å². The van der Waals surface area contributed by atoms with Gasteiger partial charge in [-0.05, 0) is 38.5 Å². The molecular weight excluding hydrogens is 778 g/mol. The number of aliphatic carboxylic acids is 1. The number of rotatable bonds is 44. The average molecular weight is 858 g/mol. The summed E-state index contributed by atoms with van der Waals surface area (Å²) < 4.78 is 21.3. The van der Waals surface area contributed by atoms with Gasteiger partial charge in [-0.15, -0.1) is 0 Å². The predicted octanol–water partition coefficient (Wildman–Crippen LogP) is 4.63. The Morgan fingerprint density at radius 3 is 1.37 bits per heavy atom. The van der Waals surface area contributed by atoms with Crippen LogP contribution in [0.3, 0.4) is 0 Å². The fraction of sp³-hybridized carbons (Fsp3) is 0.791. The van der Waals surface area contributed by atoms with Gasteiger partial charge in [0, 0.05) is 38.9 Å². The van der Waals surface area contributed by atoms with Crippen LogP contribution in [-0.4, -0.2) is 129 Å². The standard InChI is InChI=1S/C43H79N5O12/c1-35(49)19-15-13-11-9-7-5-3-4-6-8-10-12-14-16-21-40(52)48-38(36(2)50)22-23-39(51)46-25-27-57-29-32-60-34-42(54)47-26-28-58-30-31-59-33-41(53)45-24-18-17-20-37(44)43(55)56/h37-38,49-50H,1-34,44H2,(H,45,53)(H,46,51)(H,47,54)(H,48,52)(H,55,56)/t37-,38-/m0/s1. The van der Waals surface area contributed by atoms with Crippen molar-refractivity contribution >= 4 is 29.6 Å². The number of aliphatic hydroxyl groups is 2. The molecule has 9 N–H and O–H groups in total. The number of nitrogens with two attached hydrogens (primary N) is 1. The number of unbranched alkanes of at least 4 members (excludes halogenated alkanes) is 14. The lowest BCUT2D eigenvalue weighted by molar-refractivity contribution is -0.138. The number of hydrogen-bond donors (Lipinski definition) is 8. The largest absolute Gasteiger partial charge is 0.513 e. The highest BCUT2D eigenvalue weighted by Crippen LogP contribution is 2.14. The minimum Gasteiger partial charge on any atom is -0.513 e. The molecule has 4 amide bonds. The van der Waals surface area contributed by atoms with Crippen LogP contribution in [0.1, 0.15) is 135 Å². The average Bonchev–Trinajstić information content (AvgIpc) is 3.20. The molecule has 0 saturated carbocycles. The maximum Gasteiger partial charge on any atom is 0.320 e. The summed E-state index contributed by atoms with van der Waals surface area (Å²) in [6.45, 7) is 9.14. The Morgan fingerprint density at radius 2 is 0.900 bits per heavy atom. The number of ether oxygens (including phenoxy) is 4. The lowest BCUT2D eigenvalue weighted by Gasteiger charge is -2.17. The van der Waals surface area contributed by atoms with Gasteiger partial charge in [0.1, 0.15) is 25.0 Å². The van der Waals surface area contributed by atoms with E-state index in [1.807, 2.05) is 0 Å². The summed E-state index contributed by atoms with van der Waals surface area (Å²) in [6, 6.07) is -1.58. The number of hydrogen-bond acceptors (Lipinski definition) is 12. The van der Waals surface area contributed by atoms with Crippen molar-refractivity contribution in [3.8, 4) is 0 Å². The fourth-order valence-electron chi connectivity index (χ4n) is 5.93. The molecular formula is C43H79N5O12.